The Hall–Kier alpha value is -2.21. The lowest BCUT2D eigenvalue weighted by Gasteiger charge is -2.28. The van der Waals surface area contributed by atoms with Crippen LogP contribution in [0.3, 0.4) is 0 Å². The molecule has 0 unspecified atom stereocenters. The quantitative estimate of drug-likeness (QED) is 0.887. The standard InChI is InChI=1S/C19H26N2O4/c1-13-9-16(25-20-13)15-7-5-4-6-8-21(15)12-14-10-17(23-2)19(22)18(11-14)24-3/h9-11,15,22H,4-8,12H2,1-3H3/t15-/m0/s1. The number of likely N-dealkylation sites (tertiary alicyclic amines) is 1. The van der Waals surface area contributed by atoms with Crippen LogP contribution >= 0.6 is 0 Å². The van der Waals surface area contributed by atoms with Gasteiger partial charge >= 0.3 is 0 Å². The minimum atomic E-state index is 0.0343. The van der Waals surface area contributed by atoms with Crippen LogP contribution in [0.5, 0.6) is 17.2 Å². The van der Waals surface area contributed by atoms with Crippen LogP contribution in [-0.2, 0) is 6.54 Å². The summed E-state index contributed by atoms with van der Waals surface area (Å²) in [5, 5.41) is 14.2. The van der Waals surface area contributed by atoms with Gasteiger partial charge in [-0.3, -0.25) is 4.90 Å². The Morgan fingerprint density at radius 3 is 2.48 bits per heavy atom. The van der Waals surface area contributed by atoms with Gasteiger partial charge in [0.05, 0.1) is 26.0 Å². The van der Waals surface area contributed by atoms with E-state index in [0.29, 0.717) is 11.5 Å². The number of aromatic hydroxyl groups is 1. The van der Waals surface area contributed by atoms with E-state index in [9.17, 15) is 5.11 Å². The predicted octanol–water partition coefficient (Wildman–Crippen LogP) is 3.82. The molecule has 1 aliphatic heterocycles. The molecule has 1 N–H and O–H groups in total. The number of phenols is 1. The maximum atomic E-state index is 10.1. The molecule has 3 rings (SSSR count). The molecular formula is C19H26N2O4. The number of nitrogens with zero attached hydrogens (tertiary/aromatic N) is 2. The number of benzene rings is 1. The maximum absolute atomic E-state index is 10.1. The summed E-state index contributed by atoms with van der Waals surface area (Å²) >= 11 is 0. The molecule has 0 spiro atoms. The van der Waals surface area contributed by atoms with Crippen molar-refractivity contribution in [3.63, 3.8) is 0 Å². The highest BCUT2D eigenvalue weighted by atomic mass is 16.5. The number of phenolic OH excluding ortho intramolecular Hbond substituents is 1. The van der Waals surface area contributed by atoms with Gasteiger partial charge in [0.15, 0.2) is 17.3 Å². The summed E-state index contributed by atoms with van der Waals surface area (Å²) in [6.07, 6.45) is 4.63. The fraction of sp³-hybridized carbons (Fsp3) is 0.526. The van der Waals surface area contributed by atoms with Crippen molar-refractivity contribution in [1.82, 2.24) is 10.1 Å². The molecule has 1 aliphatic rings. The number of aromatic nitrogens is 1. The summed E-state index contributed by atoms with van der Waals surface area (Å²) in [6.45, 7) is 3.68. The van der Waals surface area contributed by atoms with Crippen LogP contribution in [0.1, 0.15) is 48.7 Å². The van der Waals surface area contributed by atoms with Crippen LogP contribution in [0, 0.1) is 6.92 Å². The van der Waals surface area contributed by atoms with E-state index in [4.69, 9.17) is 14.0 Å². The zero-order valence-electron chi connectivity index (χ0n) is 15.1. The molecule has 6 nitrogen and oxygen atoms in total. The second kappa shape index (κ2) is 7.78. The molecule has 1 aromatic carbocycles. The van der Waals surface area contributed by atoms with Gasteiger partial charge in [0.25, 0.3) is 0 Å². The zero-order chi connectivity index (χ0) is 17.8. The van der Waals surface area contributed by atoms with Gasteiger partial charge in [-0.25, -0.2) is 0 Å². The molecule has 0 saturated carbocycles. The first-order chi connectivity index (χ1) is 12.1. The zero-order valence-corrected chi connectivity index (χ0v) is 15.1. The maximum Gasteiger partial charge on any atom is 0.200 e. The molecule has 1 atom stereocenters. The second-order valence-electron chi connectivity index (χ2n) is 6.56. The van der Waals surface area contributed by atoms with E-state index in [1.807, 2.05) is 25.1 Å². The minimum absolute atomic E-state index is 0.0343. The number of aryl methyl sites for hydroxylation is 1. The van der Waals surface area contributed by atoms with Crippen LogP contribution < -0.4 is 9.47 Å². The van der Waals surface area contributed by atoms with Crippen LogP contribution in [0.15, 0.2) is 22.7 Å². The fourth-order valence-electron chi connectivity index (χ4n) is 3.49. The molecular weight excluding hydrogens is 320 g/mol. The molecule has 1 saturated heterocycles. The highest BCUT2D eigenvalue weighted by Gasteiger charge is 2.26. The molecule has 2 aromatic rings. The van der Waals surface area contributed by atoms with Crippen LogP contribution in [0.25, 0.3) is 0 Å². The van der Waals surface area contributed by atoms with Gasteiger partial charge < -0.3 is 19.1 Å². The molecule has 0 bridgehead atoms. The Labute approximate surface area is 148 Å². The SMILES string of the molecule is COc1cc(CN2CCCCC[C@H]2c2cc(C)no2)cc(OC)c1O. The van der Waals surface area contributed by atoms with Crippen LogP contribution in [-0.4, -0.2) is 35.9 Å². The van der Waals surface area contributed by atoms with E-state index in [0.717, 1.165) is 42.9 Å². The van der Waals surface area contributed by atoms with Crippen molar-refractivity contribution in [2.24, 2.45) is 0 Å². The van der Waals surface area contributed by atoms with Crippen molar-refractivity contribution in [2.75, 3.05) is 20.8 Å². The summed E-state index contributed by atoms with van der Waals surface area (Å²) in [4.78, 5) is 2.41. The summed E-state index contributed by atoms with van der Waals surface area (Å²) < 4.78 is 16.1. The van der Waals surface area contributed by atoms with Gasteiger partial charge in [-0.15, -0.1) is 0 Å². The Balaban J connectivity index is 1.88. The number of hydrogen-bond donors (Lipinski definition) is 1. The van der Waals surface area contributed by atoms with Crippen LogP contribution in [0.4, 0.5) is 0 Å². The first kappa shape index (κ1) is 17.6. The van der Waals surface area contributed by atoms with E-state index in [1.54, 1.807) is 14.2 Å². The Kier molecular flexibility index (Phi) is 5.48. The third kappa shape index (κ3) is 3.90. The third-order valence-electron chi connectivity index (χ3n) is 4.76. The first-order valence-electron chi connectivity index (χ1n) is 8.73. The Morgan fingerprint density at radius 1 is 1.16 bits per heavy atom. The van der Waals surface area contributed by atoms with E-state index in [1.165, 1.54) is 12.8 Å². The summed E-state index contributed by atoms with van der Waals surface area (Å²) in [7, 11) is 3.09. The monoisotopic (exact) mass is 346 g/mol. The summed E-state index contributed by atoms with van der Waals surface area (Å²) in [6, 6.07) is 5.98. The van der Waals surface area contributed by atoms with Crippen molar-refractivity contribution in [3.8, 4) is 17.2 Å². The first-order valence-corrected chi connectivity index (χ1v) is 8.73. The average Bonchev–Trinajstić information content (AvgIpc) is 2.91. The van der Waals surface area contributed by atoms with Gasteiger partial charge in [0.2, 0.25) is 5.75 Å². The number of methoxy groups -OCH3 is 2. The normalized spacial score (nSPS) is 18.8. The highest BCUT2D eigenvalue weighted by Crippen LogP contribution is 2.39. The van der Waals surface area contributed by atoms with Gasteiger partial charge in [0.1, 0.15) is 0 Å². The lowest BCUT2D eigenvalue weighted by atomic mass is 10.1. The lowest BCUT2D eigenvalue weighted by molar-refractivity contribution is 0.159. The topological polar surface area (TPSA) is 68.0 Å². The van der Waals surface area contributed by atoms with Crippen molar-refractivity contribution < 1.29 is 19.1 Å². The summed E-state index contributed by atoms with van der Waals surface area (Å²) in [5.74, 6) is 1.82. The Morgan fingerprint density at radius 2 is 1.88 bits per heavy atom. The number of hydrogen-bond acceptors (Lipinski definition) is 6. The number of ether oxygens (including phenoxy) is 2. The van der Waals surface area contributed by atoms with Gasteiger partial charge in [0, 0.05) is 12.6 Å². The van der Waals surface area contributed by atoms with Crippen molar-refractivity contribution in [3.05, 3.63) is 35.2 Å². The highest BCUT2D eigenvalue weighted by molar-refractivity contribution is 5.52. The third-order valence-corrected chi connectivity index (χ3v) is 4.76. The van der Waals surface area contributed by atoms with Crippen LogP contribution in [0.2, 0.25) is 0 Å². The molecule has 25 heavy (non-hydrogen) atoms. The van der Waals surface area contributed by atoms with E-state index in [2.05, 4.69) is 10.1 Å². The molecule has 1 aromatic heterocycles. The van der Waals surface area contributed by atoms with Gasteiger partial charge in [-0.1, -0.05) is 18.0 Å². The van der Waals surface area contributed by atoms with E-state index >= 15 is 0 Å². The second-order valence-corrected chi connectivity index (χ2v) is 6.56. The lowest BCUT2D eigenvalue weighted by Crippen LogP contribution is -2.28. The van der Waals surface area contributed by atoms with E-state index < -0.39 is 0 Å². The van der Waals surface area contributed by atoms with Gasteiger partial charge in [-0.2, -0.15) is 0 Å². The van der Waals surface area contributed by atoms with Gasteiger partial charge in [-0.05, 0) is 44.0 Å². The smallest absolute Gasteiger partial charge is 0.200 e. The largest absolute Gasteiger partial charge is 0.502 e. The molecule has 1 fully saturated rings. The molecule has 6 heteroatoms. The fourth-order valence-corrected chi connectivity index (χ4v) is 3.49. The average molecular weight is 346 g/mol. The van der Waals surface area contributed by atoms with Crippen molar-refractivity contribution >= 4 is 0 Å². The Bertz CT molecular complexity index is 688. The molecule has 0 radical (unpaired) electrons. The van der Waals surface area contributed by atoms with Crippen molar-refractivity contribution in [1.29, 1.82) is 0 Å². The molecule has 136 valence electrons. The summed E-state index contributed by atoms with van der Waals surface area (Å²) in [5.41, 5.74) is 1.95. The predicted molar refractivity (Wildman–Crippen MR) is 94.1 cm³/mol. The number of rotatable bonds is 5. The minimum Gasteiger partial charge on any atom is -0.502 e. The van der Waals surface area contributed by atoms with Crippen molar-refractivity contribution in [2.45, 2.75) is 45.2 Å². The molecule has 2 heterocycles. The molecule has 0 amide bonds. The van der Waals surface area contributed by atoms with E-state index in [-0.39, 0.29) is 11.8 Å². The molecule has 0 aliphatic carbocycles.